The number of hydrogen-bond acceptors (Lipinski definition) is 5. The number of carbonyl (C=O) groups excluding carboxylic acids is 2. The third-order valence-electron chi connectivity index (χ3n) is 4.72. The third-order valence-corrected chi connectivity index (χ3v) is 5.70. The number of carbonyl (C=O) groups is 2. The monoisotopic (exact) mass is 425 g/mol. The van der Waals surface area contributed by atoms with Crippen molar-refractivity contribution in [3.05, 3.63) is 71.3 Å². The van der Waals surface area contributed by atoms with Gasteiger partial charge in [0.05, 0.1) is 0 Å². The molecule has 9 heteroatoms. The van der Waals surface area contributed by atoms with Crippen LogP contribution >= 0.6 is 11.8 Å². The number of imide groups is 1. The molecule has 0 bridgehead atoms. The summed E-state index contributed by atoms with van der Waals surface area (Å²) >= 11 is 1.38. The van der Waals surface area contributed by atoms with Gasteiger partial charge in [-0.2, -0.15) is 0 Å². The Morgan fingerprint density at radius 2 is 2.00 bits per heavy atom. The Hall–Kier alpha value is -3.20. The van der Waals surface area contributed by atoms with E-state index < -0.39 is 6.03 Å². The minimum atomic E-state index is -0.507. The minimum Gasteiger partial charge on any atom is -0.334 e. The first-order valence-electron chi connectivity index (χ1n) is 9.47. The fourth-order valence-corrected chi connectivity index (χ4v) is 4.28. The lowest BCUT2D eigenvalue weighted by Gasteiger charge is -2.23. The molecule has 1 aliphatic heterocycles. The molecule has 4 rings (SSSR count). The summed E-state index contributed by atoms with van der Waals surface area (Å²) in [6.07, 6.45) is 0.518. The van der Waals surface area contributed by atoms with Gasteiger partial charge < -0.3 is 5.32 Å². The van der Waals surface area contributed by atoms with Gasteiger partial charge >= 0.3 is 6.03 Å². The van der Waals surface area contributed by atoms with Crippen LogP contribution in [-0.2, 0) is 17.0 Å². The van der Waals surface area contributed by atoms with Crippen LogP contribution in [0.15, 0.2) is 53.7 Å². The lowest BCUT2D eigenvalue weighted by Crippen LogP contribution is -2.53. The Bertz CT molecular complexity index is 1080. The van der Waals surface area contributed by atoms with Gasteiger partial charge in [0, 0.05) is 30.3 Å². The third kappa shape index (κ3) is 4.51. The second-order valence-electron chi connectivity index (χ2n) is 7.08. The van der Waals surface area contributed by atoms with E-state index >= 15 is 0 Å². The quantitative estimate of drug-likeness (QED) is 0.593. The molecule has 1 fully saturated rings. The Morgan fingerprint density at radius 1 is 1.17 bits per heavy atom. The molecule has 3 aromatic rings. The first-order chi connectivity index (χ1) is 14.5. The molecule has 0 spiro atoms. The van der Waals surface area contributed by atoms with Crippen molar-refractivity contribution < 1.29 is 14.0 Å². The van der Waals surface area contributed by atoms with E-state index in [1.165, 1.54) is 17.8 Å². The second kappa shape index (κ2) is 8.66. The van der Waals surface area contributed by atoms with Crippen LogP contribution in [0, 0.1) is 12.7 Å². The summed E-state index contributed by atoms with van der Waals surface area (Å²) in [5, 5.41) is 14.2. The van der Waals surface area contributed by atoms with Gasteiger partial charge in [0.25, 0.3) is 0 Å². The number of aryl methyl sites for hydroxylation is 1. The maximum Gasteiger partial charge on any atom is 0.321 e. The Morgan fingerprint density at radius 3 is 2.77 bits per heavy atom. The molecular formula is C21H20FN5O2S. The van der Waals surface area contributed by atoms with Gasteiger partial charge in [0.1, 0.15) is 11.6 Å². The summed E-state index contributed by atoms with van der Waals surface area (Å²) in [6.45, 7) is 1.99. The van der Waals surface area contributed by atoms with Crippen LogP contribution < -0.4 is 10.6 Å². The van der Waals surface area contributed by atoms with Gasteiger partial charge in [0.2, 0.25) is 5.91 Å². The van der Waals surface area contributed by atoms with Crippen LogP contribution in [0.3, 0.4) is 0 Å². The summed E-state index contributed by atoms with van der Waals surface area (Å²) in [4.78, 5) is 23.4. The maximum atomic E-state index is 14.0. The fraction of sp³-hybridized carbons (Fsp3) is 0.238. The highest BCUT2D eigenvalue weighted by atomic mass is 32.2. The Balaban J connectivity index is 1.64. The van der Waals surface area contributed by atoms with Crippen molar-refractivity contribution in [3.8, 4) is 5.69 Å². The lowest BCUT2D eigenvalue weighted by atomic mass is 10.1. The van der Waals surface area contributed by atoms with Crippen molar-refractivity contribution in [1.29, 1.82) is 0 Å². The number of nitrogens with one attached hydrogen (secondary N) is 2. The molecule has 1 aliphatic rings. The van der Waals surface area contributed by atoms with Gasteiger partial charge in [0.15, 0.2) is 5.16 Å². The molecule has 0 aliphatic carbocycles. The zero-order valence-corrected chi connectivity index (χ0v) is 17.1. The van der Waals surface area contributed by atoms with E-state index in [2.05, 4.69) is 20.8 Å². The molecule has 0 saturated carbocycles. The van der Waals surface area contributed by atoms with Gasteiger partial charge in [-0.05, 0) is 36.2 Å². The van der Waals surface area contributed by atoms with Crippen LogP contribution in [-0.4, -0.2) is 32.7 Å². The highest BCUT2D eigenvalue weighted by Crippen LogP contribution is 2.27. The molecule has 7 nitrogen and oxygen atoms in total. The number of nitrogens with zero attached hydrogens (tertiary/aromatic N) is 3. The van der Waals surface area contributed by atoms with Crippen LogP contribution in [0.5, 0.6) is 0 Å². The van der Waals surface area contributed by atoms with Crippen molar-refractivity contribution in [1.82, 2.24) is 25.4 Å². The number of benzene rings is 2. The summed E-state index contributed by atoms with van der Waals surface area (Å²) in [7, 11) is 0. The first kappa shape index (κ1) is 20.1. The van der Waals surface area contributed by atoms with E-state index in [4.69, 9.17) is 0 Å². The molecule has 3 amide bonds. The molecular weight excluding hydrogens is 405 g/mol. The number of halogens is 1. The molecule has 30 heavy (non-hydrogen) atoms. The summed E-state index contributed by atoms with van der Waals surface area (Å²) < 4.78 is 15.9. The normalized spacial score (nSPS) is 16.3. The number of amides is 3. The minimum absolute atomic E-state index is 0.171. The zero-order valence-electron chi connectivity index (χ0n) is 16.3. The predicted molar refractivity (Wildman–Crippen MR) is 111 cm³/mol. The number of urea groups is 1. The van der Waals surface area contributed by atoms with Crippen LogP contribution in [0.25, 0.3) is 5.69 Å². The number of hydrogen-bond donors (Lipinski definition) is 2. The zero-order chi connectivity index (χ0) is 21.1. The second-order valence-corrected chi connectivity index (χ2v) is 8.02. The smallest absolute Gasteiger partial charge is 0.321 e. The number of aromatic nitrogens is 3. The Kier molecular flexibility index (Phi) is 5.80. The van der Waals surface area contributed by atoms with Crippen molar-refractivity contribution in [2.24, 2.45) is 0 Å². The van der Waals surface area contributed by atoms with E-state index in [9.17, 15) is 14.0 Å². The van der Waals surface area contributed by atoms with E-state index in [0.717, 1.165) is 11.3 Å². The van der Waals surface area contributed by atoms with E-state index in [-0.39, 0.29) is 24.2 Å². The molecule has 1 unspecified atom stereocenters. The fourth-order valence-electron chi connectivity index (χ4n) is 3.33. The highest BCUT2D eigenvalue weighted by Gasteiger charge is 2.26. The number of rotatable bonds is 6. The number of thioether (sulfide) groups is 1. The average Bonchev–Trinajstić information content (AvgIpc) is 3.09. The molecule has 0 radical (unpaired) electrons. The molecule has 2 aromatic carbocycles. The van der Waals surface area contributed by atoms with Gasteiger partial charge in [-0.1, -0.05) is 42.1 Å². The first-order valence-corrected chi connectivity index (χ1v) is 10.5. The van der Waals surface area contributed by atoms with E-state index in [0.29, 0.717) is 28.7 Å². The molecule has 2 N–H and O–H groups in total. The molecule has 1 saturated heterocycles. The van der Waals surface area contributed by atoms with Gasteiger partial charge in [-0.25, -0.2) is 9.18 Å². The van der Waals surface area contributed by atoms with Crippen molar-refractivity contribution in [2.45, 2.75) is 36.7 Å². The van der Waals surface area contributed by atoms with Crippen LogP contribution in [0.1, 0.15) is 23.4 Å². The summed E-state index contributed by atoms with van der Waals surface area (Å²) in [5.74, 6) is 0.443. The van der Waals surface area contributed by atoms with Crippen molar-refractivity contribution >= 4 is 23.7 Å². The van der Waals surface area contributed by atoms with E-state index in [1.54, 1.807) is 18.2 Å². The van der Waals surface area contributed by atoms with Gasteiger partial charge in [-0.15, -0.1) is 10.2 Å². The molecule has 2 heterocycles. The van der Waals surface area contributed by atoms with Crippen molar-refractivity contribution in [3.63, 3.8) is 0 Å². The lowest BCUT2D eigenvalue weighted by molar-refractivity contribution is -0.121. The Labute approximate surface area is 177 Å². The van der Waals surface area contributed by atoms with Gasteiger partial charge in [-0.3, -0.25) is 14.7 Å². The highest BCUT2D eigenvalue weighted by molar-refractivity contribution is 7.98. The SMILES string of the molecule is Cc1cccc(-n2c(CC3CC(=O)NC(=O)N3)nnc2SCc2ccccc2F)c1. The largest absolute Gasteiger partial charge is 0.334 e. The van der Waals surface area contributed by atoms with E-state index in [1.807, 2.05) is 35.8 Å². The summed E-state index contributed by atoms with van der Waals surface area (Å²) in [6, 6.07) is 13.6. The van der Waals surface area contributed by atoms with Crippen LogP contribution in [0.2, 0.25) is 0 Å². The van der Waals surface area contributed by atoms with Crippen LogP contribution in [0.4, 0.5) is 9.18 Å². The summed E-state index contributed by atoms with van der Waals surface area (Å²) in [5.41, 5.74) is 2.53. The molecule has 1 atom stereocenters. The topological polar surface area (TPSA) is 88.9 Å². The predicted octanol–water partition coefficient (Wildman–Crippen LogP) is 3.15. The molecule has 154 valence electrons. The van der Waals surface area contributed by atoms with Crippen molar-refractivity contribution in [2.75, 3.05) is 0 Å². The average molecular weight is 425 g/mol. The molecule has 1 aromatic heterocycles. The maximum absolute atomic E-state index is 14.0. The standard InChI is InChI=1S/C21H20FN5O2S/c1-13-5-4-7-16(9-13)27-18(10-15-11-19(28)24-20(29)23-15)25-26-21(27)30-12-14-6-2-3-8-17(14)22/h2-9,15H,10-12H2,1H3,(H2,23,24,28,29).